The number of pyridine rings is 1. The number of ether oxygens (including phenoxy) is 2. The quantitative estimate of drug-likeness (QED) is 0.712. The molecule has 6 heteroatoms. The van der Waals surface area contributed by atoms with Crippen LogP contribution in [0.25, 0.3) is 0 Å². The molecule has 1 heterocycles. The maximum absolute atomic E-state index is 6.16. The largest absolute Gasteiger partial charge is 0.497 e. The van der Waals surface area contributed by atoms with E-state index in [-0.39, 0.29) is 12.5 Å². The van der Waals surface area contributed by atoms with E-state index < -0.39 is 0 Å². The van der Waals surface area contributed by atoms with Crippen LogP contribution in [0.4, 0.5) is 0 Å². The van der Waals surface area contributed by atoms with Crippen LogP contribution in [0.5, 0.6) is 11.5 Å². The first kappa shape index (κ1) is 16.2. The molecule has 0 aliphatic heterocycles. The van der Waals surface area contributed by atoms with Gasteiger partial charge in [-0.3, -0.25) is 4.98 Å². The van der Waals surface area contributed by atoms with Crippen LogP contribution in [-0.4, -0.2) is 12.1 Å². The Balaban J connectivity index is 2.22. The topological polar surface area (TPSA) is 31.4 Å². The Hall–Kier alpha value is -1.16. The molecule has 0 saturated carbocycles. The summed E-state index contributed by atoms with van der Waals surface area (Å²) in [4.78, 5) is 4.39. The second-order valence-corrected chi connectivity index (χ2v) is 5.55. The molecule has 1 aromatic heterocycles. The smallest absolute Gasteiger partial charge is 0.142 e. The molecule has 0 saturated heterocycles. The van der Waals surface area contributed by atoms with Gasteiger partial charge in [0.05, 0.1) is 23.7 Å². The van der Waals surface area contributed by atoms with Crippen molar-refractivity contribution in [3.8, 4) is 11.5 Å². The SMILES string of the molecule is COc1cc(C)nc(COc2c(Cl)cc(Cl)cc2CCl)c1. The van der Waals surface area contributed by atoms with Crippen LogP contribution in [0, 0.1) is 6.92 Å². The zero-order valence-corrected chi connectivity index (χ0v) is 13.9. The Bertz CT molecular complexity index is 647. The summed E-state index contributed by atoms with van der Waals surface area (Å²) >= 11 is 18.0. The zero-order chi connectivity index (χ0) is 15.4. The summed E-state index contributed by atoms with van der Waals surface area (Å²) in [6.45, 7) is 2.16. The molecule has 112 valence electrons. The first-order valence-electron chi connectivity index (χ1n) is 6.21. The van der Waals surface area contributed by atoms with Crippen molar-refractivity contribution >= 4 is 34.8 Å². The molecule has 0 atom stereocenters. The number of nitrogens with zero attached hydrogens (tertiary/aromatic N) is 1. The molecule has 0 aliphatic carbocycles. The van der Waals surface area contributed by atoms with E-state index in [1.54, 1.807) is 19.2 Å². The lowest BCUT2D eigenvalue weighted by Gasteiger charge is -2.13. The summed E-state index contributed by atoms with van der Waals surface area (Å²) in [6, 6.07) is 7.03. The summed E-state index contributed by atoms with van der Waals surface area (Å²) in [5.74, 6) is 1.53. The van der Waals surface area contributed by atoms with Gasteiger partial charge in [0.25, 0.3) is 0 Å². The zero-order valence-electron chi connectivity index (χ0n) is 11.6. The molecule has 1 aromatic carbocycles. The molecule has 2 rings (SSSR count). The van der Waals surface area contributed by atoms with Gasteiger partial charge in [0, 0.05) is 28.4 Å². The molecular formula is C15H14Cl3NO2. The minimum atomic E-state index is 0.264. The van der Waals surface area contributed by atoms with Gasteiger partial charge in [0.15, 0.2) is 0 Å². The average molecular weight is 347 g/mol. The number of alkyl halides is 1. The van der Waals surface area contributed by atoms with Crippen LogP contribution >= 0.6 is 34.8 Å². The van der Waals surface area contributed by atoms with Gasteiger partial charge in [-0.2, -0.15) is 0 Å². The van der Waals surface area contributed by atoms with Gasteiger partial charge >= 0.3 is 0 Å². The van der Waals surface area contributed by atoms with Gasteiger partial charge < -0.3 is 9.47 Å². The number of rotatable bonds is 5. The average Bonchev–Trinajstić information content (AvgIpc) is 2.44. The number of hydrogen-bond donors (Lipinski definition) is 0. The molecule has 0 aliphatic rings. The third-order valence-corrected chi connectivity index (χ3v) is 3.60. The second kappa shape index (κ2) is 7.21. The number of aromatic nitrogens is 1. The molecule has 21 heavy (non-hydrogen) atoms. The molecule has 0 amide bonds. The molecule has 0 radical (unpaired) electrons. The van der Waals surface area contributed by atoms with Gasteiger partial charge in [-0.15, -0.1) is 11.6 Å². The van der Waals surface area contributed by atoms with Crippen molar-refractivity contribution in [3.05, 3.63) is 51.3 Å². The highest BCUT2D eigenvalue weighted by Crippen LogP contribution is 2.34. The molecule has 0 spiro atoms. The lowest BCUT2D eigenvalue weighted by molar-refractivity contribution is 0.297. The summed E-state index contributed by atoms with van der Waals surface area (Å²) in [5.41, 5.74) is 2.35. The molecule has 0 unspecified atom stereocenters. The fourth-order valence-corrected chi connectivity index (χ4v) is 2.70. The summed E-state index contributed by atoms with van der Waals surface area (Å²) < 4.78 is 11.0. The number of halogens is 3. The van der Waals surface area contributed by atoms with E-state index in [0.29, 0.717) is 15.8 Å². The molecule has 3 nitrogen and oxygen atoms in total. The Kier molecular flexibility index (Phi) is 5.57. The minimum absolute atomic E-state index is 0.264. The second-order valence-electron chi connectivity index (χ2n) is 4.44. The van der Waals surface area contributed by atoms with Crippen molar-refractivity contribution in [1.29, 1.82) is 0 Å². The van der Waals surface area contributed by atoms with Crippen molar-refractivity contribution in [2.45, 2.75) is 19.4 Å². The van der Waals surface area contributed by atoms with E-state index in [2.05, 4.69) is 4.98 Å². The van der Waals surface area contributed by atoms with Crippen molar-refractivity contribution in [1.82, 2.24) is 4.98 Å². The number of hydrogen-bond acceptors (Lipinski definition) is 3. The Morgan fingerprint density at radius 1 is 1.14 bits per heavy atom. The van der Waals surface area contributed by atoms with Crippen molar-refractivity contribution in [2.24, 2.45) is 0 Å². The van der Waals surface area contributed by atoms with Crippen molar-refractivity contribution in [2.75, 3.05) is 7.11 Å². The van der Waals surface area contributed by atoms with Gasteiger partial charge in [0.2, 0.25) is 0 Å². The standard InChI is InChI=1S/C15H14Cl3NO2/c1-9-3-13(20-2)6-12(19-9)8-21-15-10(7-16)4-11(17)5-14(15)18/h3-6H,7-8H2,1-2H3. The minimum Gasteiger partial charge on any atom is -0.497 e. The van der Waals surface area contributed by atoms with E-state index in [0.717, 1.165) is 22.7 Å². The summed E-state index contributed by atoms with van der Waals surface area (Å²) in [5, 5.41) is 0.955. The molecule has 2 aromatic rings. The van der Waals surface area contributed by atoms with E-state index in [4.69, 9.17) is 44.3 Å². The predicted octanol–water partition coefficient (Wildman–Crippen LogP) is 5.02. The highest BCUT2D eigenvalue weighted by Gasteiger charge is 2.11. The van der Waals surface area contributed by atoms with E-state index >= 15 is 0 Å². The van der Waals surface area contributed by atoms with E-state index in [9.17, 15) is 0 Å². The van der Waals surface area contributed by atoms with E-state index in [1.165, 1.54) is 0 Å². The Morgan fingerprint density at radius 2 is 1.90 bits per heavy atom. The van der Waals surface area contributed by atoms with Crippen LogP contribution in [-0.2, 0) is 12.5 Å². The first-order chi connectivity index (χ1) is 10.0. The predicted molar refractivity (Wildman–Crippen MR) is 85.9 cm³/mol. The molecule has 0 bridgehead atoms. The van der Waals surface area contributed by atoms with Crippen LogP contribution < -0.4 is 9.47 Å². The van der Waals surface area contributed by atoms with E-state index in [1.807, 2.05) is 19.1 Å². The number of methoxy groups -OCH3 is 1. The first-order valence-corrected chi connectivity index (χ1v) is 7.50. The van der Waals surface area contributed by atoms with Crippen LogP contribution in [0.1, 0.15) is 17.0 Å². The highest BCUT2D eigenvalue weighted by atomic mass is 35.5. The molecule has 0 N–H and O–H groups in total. The number of aryl methyl sites for hydroxylation is 1. The van der Waals surface area contributed by atoms with Gasteiger partial charge in [-0.1, -0.05) is 23.2 Å². The van der Waals surface area contributed by atoms with Crippen LogP contribution in [0.3, 0.4) is 0 Å². The van der Waals surface area contributed by atoms with Crippen LogP contribution in [0.2, 0.25) is 10.0 Å². The normalized spacial score (nSPS) is 10.5. The summed E-state index contributed by atoms with van der Waals surface area (Å²) in [7, 11) is 1.61. The maximum atomic E-state index is 6.16. The highest BCUT2D eigenvalue weighted by molar-refractivity contribution is 6.36. The lowest BCUT2D eigenvalue weighted by atomic mass is 10.2. The van der Waals surface area contributed by atoms with Crippen LogP contribution in [0.15, 0.2) is 24.3 Å². The van der Waals surface area contributed by atoms with Crippen molar-refractivity contribution in [3.63, 3.8) is 0 Å². The van der Waals surface area contributed by atoms with Crippen molar-refractivity contribution < 1.29 is 9.47 Å². The monoisotopic (exact) mass is 345 g/mol. The molecular weight excluding hydrogens is 333 g/mol. The fourth-order valence-electron chi connectivity index (χ4n) is 1.92. The third-order valence-electron chi connectivity index (χ3n) is 2.81. The Labute approximate surface area is 138 Å². The van der Waals surface area contributed by atoms with Gasteiger partial charge in [-0.25, -0.2) is 0 Å². The lowest BCUT2D eigenvalue weighted by Crippen LogP contribution is -2.02. The van der Waals surface area contributed by atoms with Gasteiger partial charge in [0.1, 0.15) is 18.1 Å². The fraction of sp³-hybridized carbons (Fsp3) is 0.267. The van der Waals surface area contributed by atoms with Gasteiger partial charge in [-0.05, 0) is 19.1 Å². The maximum Gasteiger partial charge on any atom is 0.142 e. The number of benzene rings is 1. The Morgan fingerprint density at radius 3 is 2.57 bits per heavy atom. The summed E-state index contributed by atoms with van der Waals surface area (Å²) in [6.07, 6.45) is 0. The molecule has 0 fully saturated rings. The third kappa shape index (κ3) is 4.16.